The van der Waals surface area contributed by atoms with Crippen LogP contribution >= 0.6 is 0 Å². The number of hydrogen-bond acceptors (Lipinski definition) is 2. The first-order chi connectivity index (χ1) is 5.74. The van der Waals surface area contributed by atoms with Gasteiger partial charge in [-0.3, -0.25) is 9.80 Å². The fourth-order valence-electron chi connectivity index (χ4n) is 1.54. The Morgan fingerprint density at radius 2 is 1.31 bits per heavy atom. The summed E-state index contributed by atoms with van der Waals surface area (Å²) in [7, 11) is 8.58. The zero-order valence-corrected chi connectivity index (χ0v) is 10.4. The molecule has 0 aromatic heterocycles. The maximum Gasteiger partial charge on any atom is 0.0612 e. The highest BCUT2D eigenvalue weighted by molar-refractivity contribution is 4.69. The second-order valence-corrected chi connectivity index (χ2v) is 5.51. The molecule has 2 heteroatoms. The Balaban J connectivity index is 3.98. The molecule has 0 radical (unpaired) electrons. The largest absolute Gasteiger partial charge is 0.294 e. The van der Waals surface area contributed by atoms with Crippen LogP contribution in [0, 0.1) is 5.41 Å². The number of rotatable bonds is 4. The highest BCUT2D eigenvalue weighted by atomic mass is 15.3. The molecule has 0 spiro atoms. The molecule has 0 unspecified atom stereocenters. The normalized spacial score (nSPS) is 13.4. The zero-order chi connectivity index (χ0) is 10.6. The van der Waals surface area contributed by atoms with Gasteiger partial charge in [-0.05, 0) is 46.4 Å². The Kier molecular flexibility index (Phi) is 4.93. The van der Waals surface area contributed by atoms with Crippen LogP contribution in [0.3, 0.4) is 0 Å². The third kappa shape index (κ3) is 6.05. The van der Waals surface area contributed by atoms with E-state index in [4.69, 9.17) is 0 Å². The molecule has 0 aromatic rings. The molecular formula is C11H26N2. The van der Waals surface area contributed by atoms with Crippen molar-refractivity contribution in [3.05, 3.63) is 0 Å². The van der Waals surface area contributed by atoms with E-state index in [1.165, 1.54) is 12.8 Å². The lowest BCUT2D eigenvalue weighted by atomic mass is 9.89. The van der Waals surface area contributed by atoms with Crippen molar-refractivity contribution in [1.82, 2.24) is 9.80 Å². The van der Waals surface area contributed by atoms with Gasteiger partial charge in [-0.25, -0.2) is 0 Å². The summed E-state index contributed by atoms with van der Waals surface area (Å²) in [4.78, 5) is 4.57. The summed E-state index contributed by atoms with van der Waals surface area (Å²) < 4.78 is 0. The molecule has 0 saturated carbocycles. The van der Waals surface area contributed by atoms with Crippen molar-refractivity contribution in [3.63, 3.8) is 0 Å². The minimum Gasteiger partial charge on any atom is -0.294 e. The highest BCUT2D eigenvalue weighted by Crippen LogP contribution is 2.23. The summed E-state index contributed by atoms with van der Waals surface area (Å²) in [6.07, 6.45) is 3.08. The molecule has 2 nitrogen and oxygen atoms in total. The maximum absolute atomic E-state index is 2.30. The van der Waals surface area contributed by atoms with Gasteiger partial charge in [0.1, 0.15) is 0 Å². The van der Waals surface area contributed by atoms with Crippen molar-refractivity contribution < 1.29 is 0 Å². The Morgan fingerprint density at radius 3 is 1.54 bits per heavy atom. The van der Waals surface area contributed by atoms with Crippen molar-refractivity contribution in [2.45, 2.75) is 39.8 Å². The molecule has 0 rings (SSSR count). The maximum atomic E-state index is 2.30. The molecule has 0 aliphatic rings. The average Bonchev–Trinajstić information content (AvgIpc) is 1.82. The van der Waals surface area contributed by atoms with Crippen molar-refractivity contribution in [2.75, 3.05) is 28.2 Å². The van der Waals surface area contributed by atoms with Crippen LogP contribution in [0.1, 0.15) is 33.6 Å². The third-order valence-corrected chi connectivity index (χ3v) is 2.34. The van der Waals surface area contributed by atoms with E-state index in [-0.39, 0.29) is 0 Å². The quantitative estimate of drug-likeness (QED) is 0.621. The second kappa shape index (κ2) is 4.97. The predicted molar refractivity (Wildman–Crippen MR) is 59.9 cm³/mol. The summed E-state index contributed by atoms with van der Waals surface area (Å²) in [6, 6.07) is 0. The summed E-state index contributed by atoms with van der Waals surface area (Å²) in [5.41, 5.74) is 0.449. The lowest BCUT2D eigenvalue weighted by molar-refractivity contribution is 0.106. The number of hydrogen-bond donors (Lipinski definition) is 0. The summed E-state index contributed by atoms with van der Waals surface area (Å²) in [5.74, 6) is 0. The third-order valence-electron chi connectivity index (χ3n) is 2.34. The molecule has 0 saturated heterocycles. The van der Waals surface area contributed by atoms with E-state index >= 15 is 0 Å². The molecule has 80 valence electrons. The fourth-order valence-corrected chi connectivity index (χ4v) is 1.54. The molecule has 13 heavy (non-hydrogen) atoms. The number of nitrogens with zero attached hydrogens (tertiary/aromatic N) is 2. The first-order valence-corrected chi connectivity index (χ1v) is 5.07. The van der Waals surface area contributed by atoms with Gasteiger partial charge in [-0.1, -0.05) is 20.8 Å². The van der Waals surface area contributed by atoms with Crippen LogP contribution in [0.25, 0.3) is 0 Å². The van der Waals surface area contributed by atoms with E-state index in [0.717, 1.165) is 0 Å². The summed E-state index contributed by atoms with van der Waals surface area (Å²) in [6.45, 7) is 6.90. The van der Waals surface area contributed by atoms with Crippen molar-refractivity contribution in [1.29, 1.82) is 0 Å². The van der Waals surface area contributed by atoms with E-state index < -0.39 is 0 Å². The smallest absolute Gasteiger partial charge is 0.0612 e. The minimum absolute atomic E-state index is 0.449. The van der Waals surface area contributed by atoms with Crippen molar-refractivity contribution in [3.8, 4) is 0 Å². The van der Waals surface area contributed by atoms with Gasteiger partial charge < -0.3 is 0 Å². The molecule has 0 heterocycles. The van der Waals surface area contributed by atoms with Crippen LogP contribution in [0.15, 0.2) is 0 Å². The average molecular weight is 186 g/mol. The van der Waals surface area contributed by atoms with Gasteiger partial charge in [-0.2, -0.15) is 0 Å². The van der Waals surface area contributed by atoms with Gasteiger partial charge in [0.2, 0.25) is 0 Å². The minimum atomic E-state index is 0.449. The topological polar surface area (TPSA) is 6.48 Å². The van der Waals surface area contributed by atoms with Crippen molar-refractivity contribution in [2.24, 2.45) is 5.41 Å². The van der Waals surface area contributed by atoms with Gasteiger partial charge in [0, 0.05) is 0 Å². The predicted octanol–water partition coefficient (Wildman–Crippen LogP) is 2.26. The summed E-state index contributed by atoms with van der Waals surface area (Å²) in [5, 5.41) is 0. The van der Waals surface area contributed by atoms with E-state index in [1.54, 1.807) is 0 Å². The van der Waals surface area contributed by atoms with Crippen LogP contribution < -0.4 is 0 Å². The van der Waals surface area contributed by atoms with Crippen LogP contribution in [0.2, 0.25) is 0 Å². The Labute approximate surface area is 83.9 Å². The molecule has 0 atom stereocenters. The highest BCUT2D eigenvalue weighted by Gasteiger charge is 2.17. The van der Waals surface area contributed by atoms with Crippen LogP contribution in [0.5, 0.6) is 0 Å². The first-order valence-electron chi connectivity index (χ1n) is 5.07. The molecule has 0 fully saturated rings. The van der Waals surface area contributed by atoms with Gasteiger partial charge in [0.15, 0.2) is 0 Å². The summed E-state index contributed by atoms with van der Waals surface area (Å²) >= 11 is 0. The Bertz CT molecular complexity index is 126. The van der Waals surface area contributed by atoms with Gasteiger partial charge in [0.05, 0.1) is 6.17 Å². The van der Waals surface area contributed by atoms with E-state index in [0.29, 0.717) is 11.6 Å². The molecule has 0 aromatic carbocycles. The Hall–Kier alpha value is -0.0800. The van der Waals surface area contributed by atoms with Crippen LogP contribution in [-0.2, 0) is 0 Å². The van der Waals surface area contributed by atoms with Crippen molar-refractivity contribution >= 4 is 0 Å². The molecular weight excluding hydrogens is 160 g/mol. The standard InChI is InChI=1S/C11H26N2/c1-11(2,3)9-8-10(12(4)5)13(6)7/h10H,8-9H2,1-7H3. The lowest BCUT2D eigenvalue weighted by Gasteiger charge is -2.32. The SMILES string of the molecule is CN(C)C(CCC(C)(C)C)N(C)C. The molecule has 0 aliphatic heterocycles. The first kappa shape index (κ1) is 12.9. The van der Waals surface area contributed by atoms with Gasteiger partial charge >= 0.3 is 0 Å². The molecule has 0 bridgehead atoms. The second-order valence-electron chi connectivity index (χ2n) is 5.51. The zero-order valence-electron chi connectivity index (χ0n) is 10.4. The Morgan fingerprint density at radius 1 is 0.923 bits per heavy atom. The van der Waals surface area contributed by atoms with E-state index in [1.807, 2.05) is 0 Å². The van der Waals surface area contributed by atoms with Crippen LogP contribution in [-0.4, -0.2) is 44.2 Å². The van der Waals surface area contributed by atoms with Crippen LogP contribution in [0.4, 0.5) is 0 Å². The molecule has 0 N–H and O–H groups in total. The monoisotopic (exact) mass is 186 g/mol. The fraction of sp³-hybridized carbons (Fsp3) is 1.00. The lowest BCUT2D eigenvalue weighted by Crippen LogP contribution is -2.41. The molecule has 0 aliphatic carbocycles. The van der Waals surface area contributed by atoms with E-state index in [9.17, 15) is 0 Å². The van der Waals surface area contributed by atoms with Gasteiger partial charge in [0.25, 0.3) is 0 Å². The van der Waals surface area contributed by atoms with E-state index in [2.05, 4.69) is 58.8 Å². The van der Waals surface area contributed by atoms with Gasteiger partial charge in [-0.15, -0.1) is 0 Å². The molecule has 0 amide bonds.